The SMILES string of the molecule is CC(C)N(CC(F)F)C(=O)c1cccc(CC(=O)O)c1. The van der Waals surface area contributed by atoms with Gasteiger partial charge in [0.25, 0.3) is 12.3 Å². The van der Waals surface area contributed by atoms with Crippen LogP contribution in [0.3, 0.4) is 0 Å². The smallest absolute Gasteiger partial charge is 0.307 e. The fourth-order valence-corrected chi connectivity index (χ4v) is 1.83. The maximum atomic E-state index is 12.5. The number of hydrogen-bond acceptors (Lipinski definition) is 2. The molecular formula is C14H17F2NO3. The minimum atomic E-state index is -2.61. The largest absolute Gasteiger partial charge is 0.481 e. The van der Waals surface area contributed by atoms with Crippen molar-refractivity contribution in [3.8, 4) is 0 Å². The monoisotopic (exact) mass is 285 g/mol. The van der Waals surface area contributed by atoms with Gasteiger partial charge < -0.3 is 10.0 Å². The molecular weight excluding hydrogens is 268 g/mol. The molecule has 0 bridgehead atoms. The summed E-state index contributed by atoms with van der Waals surface area (Å²) in [6.45, 7) is 2.67. The van der Waals surface area contributed by atoms with Crippen LogP contribution in [0.15, 0.2) is 24.3 Å². The van der Waals surface area contributed by atoms with Crippen molar-refractivity contribution in [3.63, 3.8) is 0 Å². The Kier molecular flexibility index (Phi) is 5.61. The fourth-order valence-electron chi connectivity index (χ4n) is 1.83. The quantitative estimate of drug-likeness (QED) is 0.873. The molecule has 0 aliphatic heterocycles. The van der Waals surface area contributed by atoms with Crippen LogP contribution in [0.25, 0.3) is 0 Å². The van der Waals surface area contributed by atoms with E-state index >= 15 is 0 Å². The van der Waals surface area contributed by atoms with Gasteiger partial charge in [-0.3, -0.25) is 9.59 Å². The predicted molar refractivity (Wildman–Crippen MR) is 70.0 cm³/mol. The summed E-state index contributed by atoms with van der Waals surface area (Å²) in [6, 6.07) is 5.69. The Bertz CT molecular complexity index is 489. The lowest BCUT2D eigenvalue weighted by atomic mass is 10.1. The van der Waals surface area contributed by atoms with E-state index in [4.69, 9.17) is 5.11 Å². The number of benzene rings is 1. The summed E-state index contributed by atoms with van der Waals surface area (Å²) >= 11 is 0. The number of alkyl halides is 2. The first kappa shape index (κ1) is 16.1. The van der Waals surface area contributed by atoms with E-state index in [1.165, 1.54) is 12.1 Å². The average molecular weight is 285 g/mol. The zero-order valence-electron chi connectivity index (χ0n) is 11.3. The summed E-state index contributed by atoms with van der Waals surface area (Å²) in [5.74, 6) is -1.53. The first-order valence-corrected chi connectivity index (χ1v) is 6.21. The van der Waals surface area contributed by atoms with Crippen LogP contribution in [0.5, 0.6) is 0 Å². The van der Waals surface area contributed by atoms with E-state index in [-0.39, 0.29) is 18.0 Å². The van der Waals surface area contributed by atoms with Crippen molar-refractivity contribution in [2.45, 2.75) is 32.7 Å². The molecule has 0 aromatic heterocycles. The summed E-state index contributed by atoms with van der Waals surface area (Å²) in [4.78, 5) is 23.9. The highest BCUT2D eigenvalue weighted by Crippen LogP contribution is 2.13. The number of amides is 1. The van der Waals surface area contributed by atoms with Gasteiger partial charge in [0.1, 0.15) is 0 Å². The molecule has 0 heterocycles. The molecule has 1 aromatic carbocycles. The van der Waals surface area contributed by atoms with Crippen molar-refractivity contribution in [3.05, 3.63) is 35.4 Å². The zero-order chi connectivity index (χ0) is 15.3. The van der Waals surface area contributed by atoms with Gasteiger partial charge in [0, 0.05) is 11.6 Å². The third-order valence-corrected chi connectivity index (χ3v) is 2.75. The van der Waals surface area contributed by atoms with Crippen molar-refractivity contribution in [2.75, 3.05) is 6.54 Å². The van der Waals surface area contributed by atoms with Gasteiger partial charge in [-0.25, -0.2) is 8.78 Å². The Morgan fingerprint density at radius 3 is 2.45 bits per heavy atom. The van der Waals surface area contributed by atoms with Crippen LogP contribution in [0, 0.1) is 0 Å². The summed E-state index contributed by atoms with van der Waals surface area (Å²) in [7, 11) is 0. The molecule has 0 spiro atoms. The van der Waals surface area contributed by atoms with E-state index < -0.39 is 24.8 Å². The highest BCUT2D eigenvalue weighted by molar-refractivity contribution is 5.94. The standard InChI is InChI=1S/C14H17F2NO3/c1-9(2)17(8-12(15)16)14(20)11-5-3-4-10(6-11)7-13(18)19/h3-6,9,12H,7-8H2,1-2H3,(H,18,19). The third kappa shape index (κ3) is 4.60. The van der Waals surface area contributed by atoms with Crippen molar-refractivity contribution in [2.24, 2.45) is 0 Å². The second kappa shape index (κ2) is 6.98. The number of halogens is 2. The number of rotatable bonds is 6. The van der Waals surface area contributed by atoms with E-state index in [0.29, 0.717) is 5.56 Å². The summed E-state index contributed by atoms with van der Waals surface area (Å²) in [5.41, 5.74) is 0.683. The lowest BCUT2D eigenvalue weighted by Gasteiger charge is -2.26. The maximum absolute atomic E-state index is 12.5. The number of carboxylic acid groups (broad SMARTS) is 1. The Hall–Kier alpha value is -1.98. The lowest BCUT2D eigenvalue weighted by molar-refractivity contribution is -0.136. The highest BCUT2D eigenvalue weighted by atomic mass is 19.3. The van der Waals surface area contributed by atoms with Gasteiger partial charge in [-0.2, -0.15) is 0 Å². The molecule has 110 valence electrons. The first-order valence-electron chi connectivity index (χ1n) is 6.21. The van der Waals surface area contributed by atoms with Gasteiger partial charge in [0.05, 0.1) is 13.0 Å². The number of carbonyl (C=O) groups excluding carboxylic acids is 1. The van der Waals surface area contributed by atoms with Crippen molar-refractivity contribution < 1.29 is 23.5 Å². The van der Waals surface area contributed by atoms with Gasteiger partial charge in [-0.1, -0.05) is 12.1 Å². The van der Waals surface area contributed by atoms with E-state index in [1.54, 1.807) is 26.0 Å². The topological polar surface area (TPSA) is 57.6 Å². The Morgan fingerprint density at radius 1 is 1.30 bits per heavy atom. The Labute approximate surface area is 116 Å². The molecule has 0 fully saturated rings. The van der Waals surface area contributed by atoms with Gasteiger partial charge in [0.2, 0.25) is 0 Å². The average Bonchev–Trinajstić information content (AvgIpc) is 2.34. The molecule has 20 heavy (non-hydrogen) atoms. The van der Waals surface area contributed by atoms with Gasteiger partial charge in [0.15, 0.2) is 0 Å². The number of aliphatic carboxylic acids is 1. The van der Waals surface area contributed by atoms with E-state index in [0.717, 1.165) is 4.90 Å². The zero-order valence-corrected chi connectivity index (χ0v) is 11.3. The summed E-state index contributed by atoms with van der Waals surface area (Å²) < 4.78 is 25.0. The molecule has 6 heteroatoms. The van der Waals surface area contributed by atoms with Crippen LogP contribution in [0.2, 0.25) is 0 Å². The van der Waals surface area contributed by atoms with Crippen LogP contribution in [-0.4, -0.2) is 40.9 Å². The van der Waals surface area contributed by atoms with E-state index in [1.807, 2.05) is 0 Å². The third-order valence-electron chi connectivity index (χ3n) is 2.75. The molecule has 0 saturated carbocycles. The van der Waals surface area contributed by atoms with E-state index in [2.05, 4.69) is 0 Å². The van der Waals surface area contributed by atoms with Crippen LogP contribution in [0.1, 0.15) is 29.8 Å². The second-order valence-electron chi connectivity index (χ2n) is 4.71. The normalized spacial score (nSPS) is 10.9. The lowest BCUT2D eigenvalue weighted by Crippen LogP contribution is -2.40. The minimum Gasteiger partial charge on any atom is -0.481 e. The molecule has 0 atom stereocenters. The number of nitrogens with zero attached hydrogens (tertiary/aromatic N) is 1. The molecule has 1 N–H and O–H groups in total. The molecule has 1 amide bonds. The molecule has 1 aromatic rings. The number of hydrogen-bond donors (Lipinski definition) is 1. The van der Waals surface area contributed by atoms with Crippen molar-refractivity contribution in [1.82, 2.24) is 4.90 Å². The van der Waals surface area contributed by atoms with Gasteiger partial charge in [-0.15, -0.1) is 0 Å². The van der Waals surface area contributed by atoms with Crippen LogP contribution in [0.4, 0.5) is 8.78 Å². The summed E-state index contributed by atoms with van der Waals surface area (Å²) in [6.07, 6.45) is -2.82. The van der Waals surface area contributed by atoms with Crippen molar-refractivity contribution in [1.29, 1.82) is 0 Å². The maximum Gasteiger partial charge on any atom is 0.307 e. The molecule has 0 aliphatic rings. The Balaban J connectivity index is 2.96. The van der Waals surface area contributed by atoms with Crippen LogP contribution >= 0.6 is 0 Å². The van der Waals surface area contributed by atoms with Gasteiger partial charge >= 0.3 is 5.97 Å². The van der Waals surface area contributed by atoms with Crippen LogP contribution < -0.4 is 0 Å². The molecule has 0 unspecified atom stereocenters. The molecule has 0 aliphatic carbocycles. The molecule has 1 rings (SSSR count). The predicted octanol–water partition coefficient (Wildman–Crippen LogP) is 2.43. The molecule has 0 radical (unpaired) electrons. The second-order valence-corrected chi connectivity index (χ2v) is 4.71. The number of carboxylic acids is 1. The van der Waals surface area contributed by atoms with Crippen molar-refractivity contribution >= 4 is 11.9 Å². The minimum absolute atomic E-state index is 0.211. The molecule has 0 saturated heterocycles. The number of carbonyl (C=O) groups is 2. The fraction of sp³-hybridized carbons (Fsp3) is 0.429. The molecule has 4 nitrogen and oxygen atoms in total. The first-order chi connectivity index (χ1) is 9.31. The summed E-state index contributed by atoms with van der Waals surface area (Å²) in [5, 5.41) is 8.72. The van der Waals surface area contributed by atoms with E-state index in [9.17, 15) is 18.4 Å². The highest BCUT2D eigenvalue weighted by Gasteiger charge is 2.22. The van der Waals surface area contributed by atoms with Gasteiger partial charge in [-0.05, 0) is 31.5 Å². The van der Waals surface area contributed by atoms with Crippen LogP contribution in [-0.2, 0) is 11.2 Å². The Morgan fingerprint density at radius 2 is 1.95 bits per heavy atom.